The van der Waals surface area contributed by atoms with Crippen LogP contribution in [0.2, 0.25) is 0 Å². The molecule has 26 heavy (non-hydrogen) atoms. The minimum atomic E-state index is -0.288. The van der Waals surface area contributed by atoms with E-state index in [4.69, 9.17) is 9.47 Å². The van der Waals surface area contributed by atoms with Crippen molar-refractivity contribution in [1.29, 1.82) is 0 Å². The molecule has 2 amide bonds. The molecule has 0 aliphatic rings. The third-order valence-electron chi connectivity index (χ3n) is 3.81. The topological polar surface area (TPSA) is 76.7 Å². The number of carbonyl (C=O) groups excluding carboxylic acids is 2. The van der Waals surface area contributed by atoms with Crippen LogP contribution in [0.1, 0.15) is 26.3 Å². The molecule has 0 aliphatic heterocycles. The van der Waals surface area contributed by atoms with Crippen molar-refractivity contribution in [2.75, 3.05) is 26.6 Å². The maximum absolute atomic E-state index is 12.6. The Morgan fingerprint density at radius 1 is 1.04 bits per heavy atom. The minimum Gasteiger partial charge on any atom is -0.493 e. The maximum Gasteiger partial charge on any atom is 0.255 e. The molecule has 0 aromatic heterocycles. The Bertz CT molecular complexity index is 813. The van der Waals surface area contributed by atoms with Crippen LogP contribution in [0.3, 0.4) is 0 Å². The van der Waals surface area contributed by atoms with Gasteiger partial charge in [-0.05, 0) is 42.8 Å². The zero-order valence-electron chi connectivity index (χ0n) is 15.1. The highest BCUT2D eigenvalue weighted by atomic mass is 16.5. The van der Waals surface area contributed by atoms with Crippen molar-refractivity contribution in [3.05, 3.63) is 65.7 Å². The summed E-state index contributed by atoms with van der Waals surface area (Å²) in [6.07, 6.45) is 2.28. The lowest BCUT2D eigenvalue weighted by Gasteiger charge is -2.14. The first-order chi connectivity index (χ1) is 12.5. The highest BCUT2D eigenvalue weighted by molar-refractivity contribution is 6.05. The number of rotatable bonds is 7. The lowest BCUT2D eigenvalue weighted by atomic mass is 10.0. The molecule has 0 saturated carbocycles. The normalized spacial score (nSPS) is 9.96. The summed E-state index contributed by atoms with van der Waals surface area (Å²) in [6.45, 7) is 3.73. The van der Waals surface area contributed by atoms with E-state index in [9.17, 15) is 9.59 Å². The molecule has 2 rings (SSSR count). The van der Waals surface area contributed by atoms with Crippen LogP contribution < -0.4 is 20.1 Å². The van der Waals surface area contributed by atoms with Crippen molar-refractivity contribution in [3.63, 3.8) is 0 Å². The molecule has 0 atom stereocenters. The standard InChI is InChI=1S/C20H22N2O4/c1-5-6-14-11-15(12-17(25-3)18(14)26-4)20(24)22-16-9-7-13(8-10-16)19(23)21-2/h5,7-12H,1,6H2,2-4H3,(H,21,23)(H,22,24). The number of hydrogen-bond acceptors (Lipinski definition) is 4. The van der Waals surface area contributed by atoms with Gasteiger partial charge in [-0.2, -0.15) is 0 Å². The fourth-order valence-electron chi connectivity index (χ4n) is 2.53. The second-order valence-corrected chi connectivity index (χ2v) is 5.47. The summed E-state index contributed by atoms with van der Waals surface area (Å²) in [4.78, 5) is 24.2. The number of methoxy groups -OCH3 is 2. The number of nitrogens with one attached hydrogen (secondary N) is 2. The molecule has 0 radical (unpaired) electrons. The van der Waals surface area contributed by atoms with Gasteiger partial charge in [-0.25, -0.2) is 0 Å². The Morgan fingerprint density at radius 2 is 1.73 bits per heavy atom. The van der Waals surface area contributed by atoms with E-state index in [0.717, 1.165) is 5.56 Å². The number of hydrogen-bond donors (Lipinski definition) is 2. The summed E-state index contributed by atoms with van der Waals surface area (Å²) in [5.74, 6) is 0.589. The summed E-state index contributed by atoms with van der Waals surface area (Å²) >= 11 is 0. The third kappa shape index (κ3) is 4.22. The van der Waals surface area contributed by atoms with Gasteiger partial charge in [-0.15, -0.1) is 6.58 Å². The molecule has 136 valence electrons. The molecule has 0 saturated heterocycles. The van der Waals surface area contributed by atoms with E-state index in [1.807, 2.05) is 0 Å². The van der Waals surface area contributed by atoms with Gasteiger partial charge in [0.25, 0.3) is 11.8 Å². The lowest BCUT2D eigenvalue weighted by molar-refractivity contribution is 0.0962. The largest absolute Gasteiger partial charge is 0.493 e. The van der Waals surface area contributed by atoms with Gasteiger partial charge in [0, 0.05) is 29.4 Å². The van der Waals surface area contributed by atoms with Gasteiger partial charge in [0.2, 0.25) is 0 Å². The number of amides is 2. The Hall–Kier alpha value is -3.28. The molecule has 2 aromatic carbocycles. The average Bonchev–Trinajstić information content (AvgIpc) is 2.67. The summed E-state index contributed by atoms with van der Waals surface area (Å²) < 4.78 is 10.7. The van der Waals surface area contributed by atoms with Crippen molar-refractivity contribution >= 4 is 17.5 Å². The lowest BCUT2D eigenvalue weighted by Crippen LogP contribution is -2.18. The van der Waals surface area contributed by atoms with Gasteiger partial charge in [-0.1, -0.05) is 6.08 Å². The first-order valence-electron chi connectivity index (χ1n) is 8.03. The second-order valence-electron chi connectivity index (χ2n) is 5.47. The molecule has 6 heteroatoms. The molecule has 2 N–H and O–H groups in total. The van der Waals surface area contributed by atoms with Gasteiger partial charge >= 0.3 is 0 Å². The van der Waals surface area contributed by atoms with E-state index in [-0.39, 0.29) is 11.8 Å². The SMILES string of the molecule is C=CCc1cc(C(=O)Nc2ccc(C(=O)NC)cc2)cc(OC)c1OC. The molecule has 0 heterocycles. The van der Waals surface area contributed by atoms with E-state index < -0.39 is 0 Å². The summed E-state index contributed by atoms with van der Waals surface area (Å²) in [5, 5.41) is 5.36. The molecule has 2 aromatic rings. The summed E-state index contributed by atoms with van der Waals surface area (Å²) in [5.41, 5.74) is 2.35. The fraction of sp³-hybridized carbons (Fsp3) is 0.200. The first kappa shape index (κ1) is 19.1. The molecule has 0 fully saturated rings. The minimum absolute atomic E-state index is 0.183. The van der Waals surface area contributed by atoms with Gasteiger partial charge in [0.05, 0.1) is 14.2 Å². The van der Waals surface area contributed by atoms with E-state index in [1.165, 1.54) is 7.11 Å². The van der Waals surface area contributed by atoms with Crippen LogP contribution in [0, 0.1) is 0 Å². The predicted molar refractivity (Wildman–Crippen MR) is 101 cm³/mol. The molecule has 0 bridgehead atoms. The zero-order valence-corrected chi connectivity index (χ0v) is 15.1. The molecule has 0 spiro atoms. The first-order valence-corrected chi connectivity index (χ1v) is 8.03. The number of allylic oxidation sites excluding steroid dienone is 1. The third-order valence-corrected chi connectivity index (χ3v) is 3.81. The highest BCUT2D eigenvalue weighted by Crippen LogP contribution is 2.33. The zero-order chi connectivity index (χ0) is 19.1. The molecular formula is C20H22N2O4. The van der Waals surface area contributed by atoms with Crippen LogP contribution >= 0.6 is 0 Å². The van der Waals surface area contributed by atoms with Crippen LogP contribution in [0.4, 0.5) is 5.69 Å². The number of carbonyl (C=O) groups is 2. The van der Waals surface area contributed by atoms with Crippen molar-refractivity contribution in [1.82, 2.24) is 5.32 Å². The molecule has 6 nitrogen and oxygen atoms in total. The van der Waals surface area contributed by atoms with Crippen LogP contribution in [0.15, 0.2) is 49.1 Å². The Balaban J connectivity index is 2.27. The van der Waals surface area contributed by atoms with Crippen LogP contribution in [-0.2, 0) is 6.42 Å². The molecule has 0 aliphatic carbocycles. The second kappa shape index (κ2) is 8.71. The Morgan fingerprint density at radius 3 is 2.27 bits per heavy atom. The smallest absolute Gasteiger partial charge is 0.255 e. The highest BCUT2D eigenvalue weighted by Gasteiger charge is 2.16. The van der Waals surface area contributed by atoms with E-state index in [1.54, 1.807) is 56.6 Å². The van der Waals surface area contributed by atoms with Crippen molar-refractivity contribution in [2.45, 2.75) is 6.42 Å². The number of ether oxygens (including phenoxy) is 2. The summed E-state index contributed by atoms with van der Waals surface area (Å²) in [6, 6.07) is 10.0. The predicted octanol–water partition coefficient (Wildman–Crippen LogP) is 3.04. The molecular weight excluding hydrogens is 332 g/mol. The van der Waals surface area contributed by atoms with Crippen molar-refractivity contribution in [2.24, 2.45) is 0 Å². The van der Waals surface area contributed by atoms with Gasteiger partial charge < -0.3 is 20.1 Å². The number of anilines is 1. The van der Waals surface area contributed by atoms with Gasteiger partial charge in [0.1, 0.15) is 0 Å². The van der Waals surface area contributed by atoms with E-state index >= 15 is 0 Å². The Labute approximate surface area is 152 Å². The van der Waals surface area contributed by atoms with Crippen LogP contribution in [0.25, 0.3) is 0 Å². The van der Waals surface area contributed by atoms with E-state index in [0.29, 0.717) is 34.7 Å². The maximum atomic E-state index is 12.6. The Kier molecular flexibility index (Phi) is 6.38. The molecule has 0 unspecified atom stereocenters. The van der Waals surface area contributed by atoms with Gasteiger partial charge in [0.15, 0.2) is 11.5 Å². The average molecular weight is 354 g/mol. The number of benzene rings is 2. The van der Waals surface area contributed by atoms with E-state index in [2.05, 4.69) is 17.2 Å². The van der Waals surface area contributed by atoms with Gasteiger partial charge in [-0.3, -0.25) is 9.59 Å². The van der Waals surface area contributed by atoms with Crippen molar-refractivity contribution < 1.29 is 19.1 Å². The van der Waals surface area contributed by atoms with Crippen LogP contribution in [0.5, 0.6) is 11.5 Å². The monoisotopic (exact) mass is 354 g/mol. The quantitative estimate of drug-likeness (QED) is 0.749. The van der Waals surface area contributed by atoms with Crippen molar-refractivity contribution in [3.8, 4) is 11.5 Å². The fourth-order valence-corrected chi connectivity index (χ4v) is 2.53. The summed E-state index contributed by atoms with van der Waals surface area (Å²) in [7, 11) is 4.64. The van der Waals surface area contributed by atoms with Crippen LogP contribution in [-0.4, -0.2) is 33.1 Å².